The van der Waals surface area contributed by atoms with Gasteiger partial charge in [-0.25, -0.2) is 4.39 Å². The standard InChI is InChI=1S/C14H12FNO2S/c15-11-6-10(2-3-12(11)16)19-7-9-1-4-13-14(5-9)18-8-17-13/h1-6H,7-8,16H2. The van der Waals surface area contributed by atoms with E-state index in [4.69, 9.17) is 15.2 Å². The van der Waals surface area contributed by atoms with Crippen LogP contribution < -0.4 is 15.2 Å². The molecule has 1 aliphatic rings. The molecule has 0 bridgehead atoms. The Morgan fingerprint density at radius 3 is 2.79 bits per heavy atom. The molecular weight excluding hydrogens is 265 g/mol. The first kappa shape index (κ1) is 12.2. The zero-order valence-corrected chi connectivity index (χ0v) is 10.9. The summed E-state index contributed by atoms with van der Waals surface area (Å²) in [7, 11) is 0. The van der Waals surface area contributed by atoms with Crippen LogP contribution in [0.25, 0.3) is 0 Å². The minimum atomic E-state index is -0.379. The third kappa shape index (κ3) is 2.61. The molecule has 0 saturated heterocycles. The first-order valence-electron chi connectivity index (χ1n) is 5.79. The molecule has 1 aliphatic heterocycles. The van der Waals surface area contributed by atoms with Crippen molar-refractivity contribution >= 4 is 17.4 Å². The predicted octanol–water partition coefficient (Wildman–Crippen LogP) is 3.43. The number of hydrogen-bond donors (Lipinski definition) is 1. The summed E-state index contributed by atoms with van der Waals surface area (Å²) in [6, 6.07) is 10.7. The molecule has 2 aromatic rings. The van der Waals surface area contributed by atoms with E-state index in [-0.39, 0.29) is 18.3 Å². The lowest BCUT2D eigenvalue weighted by atomic mass is 10.2. The van der Waals surface area contributed by atoms with Crippen LogP contribution in [0.15, 0.2) is 41.3 Å². The maximum Gasteiger partial charge on any atom is 0.231 e. The van der Waals surface area contributed by atoms with Gasteiger partial charge in [0.2, 0.25) is 6.79 Å². The number of anilines is 1. The first-order valence-corrected chi connectivity index (χ1v) is 6.77. The number of nitrogens with two attached hydrogens (primary N) is 1. The Balaban J connectivity index is 1.70. The zero-order valence-electron chi connectivity index (χ0n) is 10.1. The van der Waals surface area contributed by atoms with E-state index in [1.807, 2.05) is 24.3 Å². The van der Waals surface area contributed by atoms with Gasteiger partial charge in [-0.1, -0.05) is 6.07 Å². The molecule has 5 heteroatoms. The second-order valence-corrected chi connectivity index (χ2v) is 5.21. The molecule has 3 rings (SSSR count). The van der Waals surface area contributed by atoms with Crippen molar-refractivity contribution in [3.8, 4) is 11.5 Å². The number of thioether (sulfide) groups is 1. The summed E-state index contributed by atoms with van der Waals surface area (Å²) in [5.41, 5.74) is 6.72. The average Bonchev–Trinajstić information content (AvgIpc) is 2.87. The van der Waals surface area contributed by atoms with Gasteiger partial charge < -0.3 is 15.2 Å². The highest BCUT2D eigenvalue weighted by atomic mass is 32.2. The summed E-state index contributed by atoms with van der Waals surface area (Å²) in [4.78, 5) is 0.851. The van der Waals surface area contributed by atoms with Crippen LogP contribution >= 0.6 is 11.8 Å². The lowest BCUT2D eigenvalue weighted by molar-refractivity contribution is 0.174. The molecule has 0 aliphatic carbocycles. The van der Waals surface area contributed by atoms with Crippen LogP contribution in [0.5, 0.6) is 11.5 Å². The van der Waals surface area contributed by atoms with Crippen LogP contribution in [0.1, 0.15) is 5.56 Å². The SMILES string of the molecule is Nc1ccc(SCc2ccc3c(c2)OCO3)cc1F. The van der Waals surface area contributed by atoms with Crippen LogP contribution in [0, 0.1) is 5.82 Å². The number of fused-ring (bicyclic) bond motifs is 1. The van der Waals surface area contributed by atoms with E-state index in [0.29, 0.717) is 0 Å². The normalized spacial score (nSPS) is 12.7. The number of benzene rings is 2. The van der Waals surface area contributed by atoms with E-state index in [2.05, 4.69) is 0 Å². The topological polar surface area (TPSA) is 44.5 Å². The number of nitrogen functional groups attached to an aromatic ring is 1. The maximum atomic E-state index is 13.3. The summed E-state index contributed by atoms with van der Waals surface area (Å²) < 4.78 is 23.9. The van der Waals surface area contributed by atoms with Gasteiger partial charge in [-0.05, 0) is 35.9 Å². The van der Waals surface area contributed by atoms with Gasteiger partial charge in [-0.3, -0.25) is 0 Å². The number of ether oxygens (including phenoxy) is 2. The maximum absolute atomic E-state index is 13.3. The Hall–Kier alpha value is -1.88. The van der Waals surface area contributed by atoms with Crippen molar-refractivity contribution in [3.63, 3.8) is 0 Å². The molecule has 1 heterocycles. The molecule has 0 fully saturated rings. The Morgan fingerprint density at radius 2 is 1.95 bits per heavy atom. The Labute approximate surface area is 114 Å². The zero-order chi connectivity index (χ0) is 13.2. The summed E-state index contributed by atoms with van der Waals surface area (Å²) in [6.45, 7) is 0.273. The molecular formula is C14H12FNO2S. The van der Waals surface area contributed by atoms with Crippen molar-refractivity contribution in [3.05, 3.63) is 47.8 Å². The molecule has 2 aromatic carbocycles. The molecule has 0 aromatic heterocycles. The molecule has 0 saturated carbocycles. The fourth-order valence-corrected chi connectivity index (χ4v) is 2.66. The van der Waals surface area contributed by atoms with Crippen LogP contribution in [0.2, 0.25) is 0 Å². The molecule has 0 radical (unpaired) electrons. The fraction of sp³-hybridized carbons (Fsp3) is 0.143. The van der Waals surface area contributed by atoms with Gasteiger partial charge in [-0.15, -0.1) is 11.8 Å². The van der Waals surface area contributed by atoms with Gasteiger partial charge in [0.25, 0.3) is 0 Å². The van der Waals surface area contributed by atoms with E-state index >= 15 is 0 Å². The largest absolute Gasteiger partial charge is 0.454 e. The van der Waals surface area contributed by atoms with Crippen molar-refractivity contribution in [2.24, 2.45) is 0 Å². The first-order chi connectivity index (χ1) is 9.22. The van der Waals surface area contributed by atoms with Gasteiger partial charge in [0.15, 0.2) is 11.5 Å². The summed E-state index contributed by atoms with van der Waals surface area (Å²) in [6.07, 6.45) is 0. The van der Waals surface area contributed by atoms with Crippen molar-refractivity contribution in [2.75, 3.05) is 12.5 Å². The van der Waals surface area contributed by atoms with Crippen molar-refractivity contribution in [1.82, 2.24) is 0 Å². The van der Waals surface area contributed by atoms with Gasteiger partial charge in [0.05, 0.1) is 5.69 Å². The van der Waals surface area contributed by atoms with E-state index in [1.54, 1.807) is 17.8 Å². The van der Waals surface area contributed by atoms with Gasteiger partial charge in [-0.2, -0.15) is 0 Å². The molecule has 0 amide bonds. The highest BCUT2D eigenvalue weighted by Crippen LogP contribution is 2.34. The summed E-state index contributed by atoms with van der Waals surface area (Å²) >= 11 is 1.55. The third-order valence-electron chi connectivity index (χ3n) is 2.81. The van der Waals surface area contributed by atoms with Gasteiger partial charge in [0.1, 0.15) is 5.82 Å². The molecule has 19 heavy (non-hydrogen) atoms. The summed E-state index contributed by atoms with van der Waals surface area (Å²) in [5, 5.41) is 0. The molecule has 98 valence electrons. The second-order valence-electron chi connectivity index (χ2n) is 4.16. The van der Waals surface area contributed by atoms with Crippen molar-refractivity contribution < 1.29 is 13.9 Å². The van der Waals surface area contributed by atoms with Crippen LogP contribution in [-0.2, 0) is 5.75 Å². The van der Waals surface area contributed by atoms with Crippen molar-refractivity contribution in [1.29, 1.82) is 0 Å². The monoisotopic (exact) mass is 277 g/mol. The third-order valence-corrected chi connectivity index (χ3v) is 3.88. The Morgan fingerprint density at radius 1 is 1.11 bits per heavy atom. The second kappa shape index (κ2) is 5.01. The number of rotatable bonds is 3. The Bertz CT molecular complexity index is 618. The van der Waals surface area contributed by atoms with Gasteiger partial charge >= 0.3 is 0 Å². The van der Waals surface area contributed by atoms with E-state index < -0.39 is 0 Å². The minimum absolute atomic E-state index is 0.174. The molecule has 3 nitrogen and oxygen atoms in total. The van der Waals surface area contributed by atoms with Crippen molar-refractivity contribution in [2.45, 2.75) is 10.6 Å². The smallest absolute Gasteiger partial charge is 0.231 e. The highest BCUT2D eigenvalue weighted by molar-refractivity contribution is 7.98. The average molecular weight is 277 g/mol. The number of halogens is 1. The van der Waals surface area contributed by atoms with E-state index in [1.165, 1.54) is 6.07 Å². The minimum Gasteiger partial charge on any atom is -0.454 e. The molecule has 0 unspecified atom stereocenters. The molecule has 0 spiro atoms. The summed E-state index contributed by atoms with van der Waals surface area (Å²) in [5.74, 6) is 1.89. The molecule has 2 N–H and O–H groups in total. The quantitative estimate of drug-likeness (QED) is 0.689. The lowest BCUT2D eigenvalue weighted by Gasteiger charge is -2.04. The fourth-order valence-electron chi connectivity index (χ4n) is 1.80. The molecule has 0 atom stereocenters. The highest BCUT2D eigenvalue weighted by Gasteiger charge is 2.13. The van der Waals surface area contributed by atoms with E-state index in [9.17, 15) is 4.39 Å². The van der Waals surface area contributed by atoms with Crippen LogP contribution in [0.3, 0.4) is 0 Å². The van der Waals surface area contributed by atoms with Gasteiger partial charge in [0, 0.05) is 10.6 Å². The van der Waals surface area contributed by atoms with Crippen LogP contribution in [-0.4, -0.2) is 6.79 Å². The predicted molar refractivity (Wildman–Crippen MR) is 72.9 cm³/mol. The number of hydrogen-bond acceptors (Lipinski definition) is 4. The van der Waals surface area contributed by atoms with E-state index in [0.717, 1.165) is 27.7 Å². The lowest BCUT2D eigenvalue weighted by Crippen LogP contribution is -1.92. The Kier molecular flexibility index (Phi) is 3.21. The van der Waals surface area contributed by atoms with Crippen LogP contribution in [0.4, 0.5) is 10.1 Å².